The number of hydrogen-bond acceptors (Lipinski definition) is 5. The summed E-state index contributed by atoms with van der Waals surface area (Å²) in [7, 11) is 3.29. The van der Waals surface area contributed by atoms with Crippen LogP contribution in [0.4, 0.5) is 0 Å². The third-order valence-corrected chi connectivity index (χ3v) is 6.55. The van der Waals surface area contributed by atoms with Crippen molar-refractivity contribution >= 4 is 5.91 Å². The van der Waals surface area contributed by atoms with Crippen LogP contribution < -0.4 is 9.47 Å². The Morgan fingerprint density at radius 3 is 2.41 bits per heavy atom. The summed E-state index contributed by atoms with van der Waals surface area (Å²) in [5, 5.41) is 9.96. The molecular weight excluding hydrogens is 428 g/mol. The van der Waals surface area contributed by atoms with Crippen LogP contribution in [0.25, 0.3) is 0 Å². The first-order chi connectivity index (χ1) is 16.2. The summed E-state index contributed by atoms with van der Waals surface area (Å²) in [4.78, 5) is 17.6. The van der Waals surface area contributed by atoms with Crippen molar-refractivity contribution in [3.8, 4) is 17.2 Å². The summed E-state index contributed by atoms with van der Waals surface area (Å²) in [6, 6.07) is 13.8. The maximum Gasteiger partial charge on any atom is 0.225 e. The monoisotopic (exact) mass is 468 g/mol. The van der Waals surface area contributed by atoms with Crippen molar-refractivity contribution in [1.29, 1.82) is 0 Å². The Kier molecular flexibility index (Phi) is 8.84. The fourth-order valence-electron chi connectivity index (χ4n) is 5.02. The molecule has 6 nitrogen and oxygen atoms in total. The molecule has 0 radical (unpaired) electrons. The highest BCUT2D eigenvalue weighted by molar-refractivity contribution is 5.78. The predicted octanol–water partition coefficient (Wildman–Crippen LogP) is 4.77. The molecule has 1 aliphatic heterocycles. The van der Waals surface area contributed by atoms with Gasteiger partial charge in [0.05, 0.1) is 14.2 Å². The van der Waals surface area contributed by atoms with E-state index < -0.39 is 0 Å². The molecule has 0 aromatic heterocycles. The van der Waals surface area contributed by atoms with Crippen molar-refractivity contribution in [2.75, 3.05) is 40.4 Å². The summed E-state index contributed by atoms with van der Waals surface area (Å²) in [5.74, 6) is 2.68. The van der Waals surface area contributed by atoms with Crippen molar-refractivity contribution in [3.05, 3.63) is 53.6 Å². The van der Waals surface area contributed by atoms with Gasteiger partial charge in [0.2, 0.25) is 5.91 Å². The summed E-state index contributed by atoms with van der Waals surface area (Å²) in [6.07, 6.45) is 0. The van der Waals surface area contributed by atoms with Gasteiger partial charge < -0.3 is 19.5 Å². The first-order valence-corrected chi connectivity index (χ1v) is 12.2. The van der Waals surface area contributed by atoms with Gasteiger partial charge in [-0.3, -0.25) is 9.69 Å². The number of hydrogen-bond donors (Lipinski definition) is 1. The molecule has 2 aromatic rings. The molecule has 0 bridgehead atoms. The van der Waals surface area contributed by atoms with E-state index in [-0.39, 0.29) is 29.4 Å². The molecule has 0 aliphatic carbocycles. The number of aromatic hydroxyl groups is 1. The molecule has 186 valence electrons. The standard InChI is InChI=1S/C28H40N2O4/c1-19(2)14-30(28(32)20(3)4)17-22-16-29(15-21-11-12-25(31)27(13-21)34-6)18-24(22)23-9-7-8-10-26(23)33-5/h7-13,19-20,22,24,31H,14-18H2,1-6H3. The number of carbonyl (C=O) groups is 1. The quantitative estimate of drug-likeness (QED) is 0.544. The minimum absolute atomic E-state index is 0.0228. The number of amides is 1. The van der Waals surface area contributed by atoms with Crippen LogP contribution in [-0.4, -0.2) is 61.2 Å². The lowest BCUT2D eigenvalue weighted by atomic mass is 9.87. The Hall–Kier alpha value is -2.73. The van der Waals surface area contributed by atoms with E-state index in [1.807, 2.05) is 38.1 Å². The number of phenolic OH excluding ortho intramolecular Hbond substituents is 1. The second kappa shape index (κ2) is 11.6. The van der Waals surface area contributed by atoms with Gasteiger partial charge in [-0.15, -0.1) is 0 Å². The van der Waals surface area contributed by atoms with Crippen molar-refractivity contribution in [2.45, 2.75) is 40.2 Å². The summed E-state index contributed by atoms with van der Waals surface area (Å²) in [5.41, 5.74) is 2.29. The van der Waals surface area contributed by atoms with Crippen LogP contribution in [0.3, 0.4) is 0 Å². The van der Waals surface area contributed by atoms with Crippen LogP contribution in [0, 0.1) is 17.8 Å². The number of ether oxygens (including phenoxy) is 2. The molecule has 1 saturated heterocycles. The fraction of sp³-hybridized carbons (Fsp3) is 0.536. The molecule has 2 aromatic carbocycles. The Labute approximate surface area is 204 Å². The molecule has 1 amide bonds. The molecule has 1 N–H and O–H groups in total. The lowest BCUT2D eigenvalue weighted by Gasteiger charge is -2.31. The van der Waals surface area contributed by atoms with Gasteiger partial charge in [-0.1, -0.05) is 52.0 Å². The zero-order valence-electron chi connectivity index (χ0n) is 21.5. The van der Waals surface area contributed by atoms with Gasteiger partial charge >= 0.3 is 0 Å². The van der Waals surface area contributed by atoms with E-state index in [0.717, 1.165) is 44.0 Å². The first kappa shape index (κ1) is 25.9. The van der Waals surface area contributed by atoms with Crippen LogP contribution in [0.2, 0.25) is 0 Å². The molecule has 3 rings (SSSR count). The van der Waals surface area contributed by atoms with Crippen molar-refractivity contribution in [2.24, 2.45) is 17.8 Å². The van der Waals surface area contributed by atoms with E-state index in [2.05, 4.69) is 35.8 Å². The second-order valence-electron chi connectivity index (χ2n) is 10.1. The molecule has 0 saturated carbocycles. The van der Waals surface area contributed by atoms with Gasteiger partial charge in [0.15, 0.2) is 11.5 Å². The molecule has 2 atom stereocenters. The Morgan fingerprint density at radius 1 is 1.06 bits per heavy atom. The fourth-order valence-corrected chi connectivity index (χ4v) is 5.02. The molecule has 1 aliphatic rings. The molecule has 0 spiro atoms. The number of nitrogens with zero attached hydrogens (tertiary/aromatic N) is 2. The summed E-state index contributed by atoms with van der Waals surface area (Å²) in [6.45, 7) is 12.3. The molecule has 1 heterocycles. The third-order valence-electron chi connectivity index (χ3n) is 6.55. The summed E-state index contributed by atoms with van der Waals surface area (Å²) >= 11 is 0. The largest absolute Gasteiger partial charge is 0.504 e. The third kappa shape index (κ3) is 6.23. The number of benzene rings is 2. The average molecular weight is 469 g/mol. The van der Waals surface area contributed by atoms with Gasteiger partial charge in [0, 0.05) is 44.6 Å². The summed E-state index contributed by atoms with van der Waals surface area (Å²) < 4.78 is 11.0. The lowest BCUT2D eigenvalue weighted by molar-refractivity contribution is -0.135. The highest BCUT2D eigenvalue weighted by atomic mass is 16.5. The van der Waals surface area contributed by atoms with E-state index in [1.165, 1.54) is 5.56 Å². The van der Waals surface area contributed by atoms with Gasteiger partial charge in [-0.05, 0) is 41.2 Å². The molecule has 2 unspecified atom stereocenters. The van der Waals surface area contributed by atoms with Crippen LogP contribution in [0.15, 0.2) is 42.5 Å². The van der Waals surface area contributed by atoms with Gasteiger partial charge in [-0.2, -0.15) is 0 Å². The Balaban J connectivity index is 1.88. The maximum absolute atomic E-state index is 13.1. The number of carbonyl (C=O) groups excluding carboxylic acids is 1. The van der Waals surface area contributed by atoms with Crippen LogP contribution in [0.5, 0.6) is 17.2 Å². The predicted molar refractivity (Wildman–Crippen MR) is 135 cm³/mol. The Bertz CT molecular complexity index is 959. The highest BCUT2D eigenvalue weighted by Gasteiger charge is 2.37. The highest BCUT2D eigenvalue weighted by Crippen LogP contribution is 2.39. The minimum Gasteiger partial charge on any atom is -0.504 e. The van der Waals surface area contributed by atoms with Crippen molar-refractivity contribution < 1.29 is 19.4 Å². The van der Waals surface area contributed by atoms with E-state index in [9.17, 15) is 9.90 Å². The second-order valence-corrected chi connectivity index (χ2v) is 10.1. The van der Waals surface area contributed by atoms with E-state index in [0.29, 0.717) is 11.7 Å². The van der Waals surface area contributed by atoms with Crippen molar-refractivity contribution in [3.63, 3.8) is 0 Å². The van der Waals surface area contributed by atoms with Crippen molar-refractivity contribution in [1.82, 2.24) is 9.80 Å². The molecular formula is C28H40N2O4. The van der Waals surface area contributed by atoms with Crippen LogP contribution >= 0.6 is 0 Å². The first-order valence-electron chi connectivity index (χ1n) is 12.2. The zero-order chi connectivity index (χ0) is 24.8. The molecule has 6 heteroatoms. The van der Waals surface area contributed by atoms with E-state index in [1.54, 1.807) is 20.3 Å². The number of likely N-dealkylation sites (tertiary alicyclic amines) is 1. The van der Waals surface area contributed by atoms with Crippen LogP contribution in [-0.2, 0) is 11.3 Å². The molecule has 34 heavy (non-hydrogen) atoms. The maximum atomic E-state index is 13.1. The smallest absolute Gasteiger partial charge is 0.225 e. The minimum atomic E-state index is -0.0228. The number of para-hydroxylation sites is 1. The van der Waals surface area contributed by atoms with E-state index in [4.69, 9.17) is 9.47 Å². The zero-order valence-corrected chi connectivity index (χ0v) is 21.5. The average Bonchev–Trinajstić information content (AvgIpc) is 3.20. The van der Waals surface area contributed by atoms with Gasteiger partial charge in [0.1, 0.15) is 5.75 Å². The lowest BCUT2D eigenvalue weighted by Crippen LogP contribution is -2.41. The van der Waals surface area contributed by atoms with Crippen LogP contribution in [0.1, 0.15) is 44.7 Å². The van der Waals surface area contributed by atoms with Gasteiger partial charge in [0.25, 0.3) is 0 Å². The number of rotatable bonds is 10. The SMILES string of the molecule is COc1cc(CN2CC(CN(CC(C)C)C(=O)C(C)C)C(c3ccccc3OC)C2)ccc1O. The normalized spacial score (nSPS) is 18.5. The Morgan fingerprint density at radius 2 is 1.76 bits per heavy atom. The topological polar surface area (TPSA) is 62.2 Å². The number of phenols is 1. The number of methoxy groups -OCH3 is 2. The molecule has 1 fully saturated rings. The van der Waals surface area contributed by atoms with Gasteiger partial charge in [-0.25, -0.2) is 0 Å². The van der Waals surface area contributed by atoms with E-state index >= 15 is 0 Å².